The predicted molar refractivity (Wildman–Crippen MR) is 90.8 cm³/mol. The van der Waals surface area contributed by atoms with Crippen molar-refractivity contribution in [3.05, 3.63) is 52.5 Å². The zero-order valence-electron chi connectivity index (χ0n) is 12.8. The predicted octanol–water partition coefficient (Wildman–Crippen LogP) is 3.70. The fraction of sp³-hybridized carbons (Fsp3) is 0.176. The van der Waals surface area contributed by atoms with Crippen LogP contribution in [0.4, 0.5) is 5.69 Å². The second-order valence-electron chi connectivity index (χ2n) is 4.88. The second kappa shape index (κ2) is 7.78. The maximum Gasteiger partial charge on any atom is 0.349 e. The van der Waals surface area contributed by atoms with Crippen molar-refractivity contribution in [3.63, 3.8) is 0 Å². The fourth-order valence-electron chi connectivity index (χ4n) is 1.88. The van der Waals surface area contributed by atoms with Crippen LogP contribution in [-0.4, -0.2) is 18.5 Å². The van der Waals surface area contributed by atoms with Crippen molar-refractivity contribution in [2.24, 2.45) is 0 Å². The van der Waals surface area contributed by atoms with Crippen LogP contribution in [0, 0.1) is 6.92 Å². The van der Waals surface area contributed by atoms with Crippen molar-refractivity contribution in [2.45, 2.75) is 13.8 Å². The first-order valence-electron chi connectivity index (χ1n) is 6.91. The Morgan fingerprint density at radius 1 is 1.13 bits per heavy atom. The molecule has 0 fully saturated rings. The number of carbonyl (C=O) groups excluding carboxylic acids is 2. The summed E-state index contributed by atoms with van der Waals surface area (Å²) in [5, 5.41) is 2.63. The molecule has 5 nitrogen and oxygen atoms in total. The summed E-state index contributed by atoms with van der Waals surface area (Å²) in [5.41, 5.74) is 1.56. The molecule has 1 N–H and O–H groups in total. The third-order valence-electron chi connectivity index (χ3n) is 2.89. The molecular formula is C17H16BrNO4. The van der Waals surface area contributed by atoms with Gasteiger partial charge < -0.3 is 14.8 Å². The van der Waals surface area contributed by atoms with Crippen molar-refractivity contribution in [1.82, 2.24) is 0 Å². The third kappa shape index (κ3) is 5.41. The van der Waals surface area contributed by atoms with Crippen molar-refractivity contribution in [1.29, 1.82) is 0 Å². The average molecular weight is 378 g/mol. The highest BCUT2D eigenvalue weighted by atomic mass is 79.9. The highest BCUT2D eigenvalue weighted by molar-refractivity contribution is 9.10. The standard InChI is InChI=1S/C17H16BrNO4/c1-11-9-13(18)3-8-16(11)22-10-17(21)23-15-6-4-14(5-7-15)19-12(2)20/h3-9H,10H2,1-2H3,(H,19,20). The van der Waals surface area contributed by atoms with Crippen LogP contribution in [0.3, 0.4) is 0 Å². The lowest BCUT2D eigenvalue weighted by molar-refractivity contribution is -0.136. The van der Waals surface area contributed by atoms with E-state index in [2.05, 4.69) is 21.2 Å². The van der Waals surface area contributed by atoms with Crippen molar-refractivity contribution < 1.29 is 19.1 Å². The number of hydrogen-bond acceptors (Lipinski definition) is 4. The lowest BCUT2D eigenvalue weighted by Gasteiger charge is -2.09. The van der Waals surface area contributed by atoms with E-state index in [9.17, 15) is 9.59 Å². The Morgan fingerprint density at radius 2 is 1.83 bits per heavy atom. The maximum absolute atomic E-state index is 11.8. The highest BCUT2D eigenvalue weighted by Crippen LogP contribution is 2.22. The molecular weight excluding hydrogens is 362 g/mol. The van der Waals surface area contributed by atoms with Gasteiger partial charge in [0.15, 0.2) is 6.61 Å². The number of anilines is 1. The molecule has 0 aliphatic heterocycles. The molecule has 0 aromatic heterocycles. The Morgan fingerprint density at radius 3 is 2.43 bits per heavy atom. The molecule has 120 valence electrons. The van der Waals surface area contributed by atoms with Crippen LogP contribution in [0.2, 0.25) is 0 Å². The number of carbonyl (C=O) groups is 2. The Balaban J connectivity index is 1.88. The first-order valence-corrected chi connectivity index (χ1v) is 7.70. The lowest BCUT2D eigenvalue weighted by atomic mass is 10.2. The quantitative estimate of drug-likeness (QED) is 0.637. The molecule has 2 aromatic carbocycles. The molecule has 0 atom stereocenters. The van der Waals surface area contributed by atoms with E-state index in [0.717, 1.165) is 10.0 Å². The Hall–Kier alpha value is -2.34. The largest absolute Gasteiger partial charge is 0.482 e. The zero-order chi connectivity index (χ0) is 16.8. The molecule has 0 saturated carbocycles. The van der Waals surface area contributed by atoms with E-state index in [1.54, 1.807) is 30.3 Å². The monoisotopic (exact) mass is 377 g/mol. The Bertz CT molecular complexity index is 713. The van der Waals surface area contributed by atoms with E-state index in [4.69, 9.17) is 9.47 Å². The number of aryl methyl sites for hydroxylation is 1. The Labute approximate surface area is 142 Å². The number of nitrogens with one attached hydrogen (secondary N) is 1. The van der Waals surface area contributed by atoms with Gasteiger partial charge >= 0.3 is 5.97 Å². The topological polar surface area (TPSA) is 64.6 Å². The molecule has 0 saturated heterocycles. The van der Waals surface area contributed by atoms with Crippen molar-refractivity contribution in [3.8, 4) is 11.5 Å². The number of ether oxygens (including phenoxy) is 2. The van der Waals surface area contributed by atoms with E-state index in [1.165, 1.54) is 6.92 Å². The number of amides is 1. The molecule has 23 heavy (non-hydrogen) atoms. The molecule has 2 aromatic rings. The molecule has 0 unspecified atom stereocenters. The van der Waals surface area contributed by atoms with Gasteiger partial charge in [0.1, 0.15) is 11.5 Å². The van der Waals surface area contributed by atoms with E-state index < -0.39 is 5.97 Å². The smallest absolute Gasteiger partial charge is 0.349 e. The molecule has 2 rings (SSSR count). The van der Waals surface area contributed by atoms with E-state index in [0.29, 0.717) is 17.2 Å². The summed E-state index contributed by atoms with van der Waals surface area (Å²) >= 11 is 3.37. The first-order chi connectivity index (χ1) is 10.9. The summed E-state index contributed by atoms with van der Waals surface area (Å²) in [6.07, 6.45) is 0. The number of halogens is 1. The van der Waals surface area contributed by atoms with Crippen LogP contribution in [-0.2, 0) is 9.59 Å². The van der Waals surface area contributed by atoms with Gasteiger partial charge in [0.2, 0.25) is 5.91 Å². The lowest BCUT2D eigenvalue weighted by Crippen LogP contribution is -2.18. The van der Waals surface area contributed by atoms with E-state index in [-0.39, 0.29) is 12.5 Å². The van der Waals surface area contributed by atoms with Gasteiger partial charge in [0.05, 0.1) is 0 Å². The molecule has 0 radical (unpaired) electrons. The van der Waals surface area contributed by atoms with Gasteiger partial charge in [-0.1, -0.05) is 15.9 Å². The third-order valence-corrected chi connectivity index (χ3v) is 3.38. The van der Waals surface area contributed by atoms with E-state index in [1.807, 2.05) is 19.1 Å². The van der Waals surface area contributed by atoms with E-state index >= 15 is 0 Å². The molecule has 1 amide bonds. The van der Waals surface area contributed by atoms with Gasteiger partial charge in [-0.3, -0.25) is 4.79 Å². The summed E-state index contributed by atoms with van der Waals surface area (Å²) in [7, 11) is 0. The molecule has 0 aliphatic carbocycles. The van der Waals surface area contributed by atoms with Gasteiger partial charge in [-0.25, -0.2) is 4.79 Å². The molecule has 0 heterocycles. The van der Waals surface area contributed by atoms with Crippen LogP contribution in [0.5, 0.6) is 11.5 Å². The highest BCUT2D eigenvalue weighted by Gasteiger charge is 2.08. The number of hydrogen-bond donors (Lipinski definition) is 1. The minimum absolute atomic E-state index is 0.159. The normalized spacial score (nSPS) is 10.0. The minimum Gasteiger partial charge on any atom is -0.482 e. The summed E-state index contributed by atoms with van der Waals surface area (Å²) in [4.78, 5) is 22.7. The molecule has 0 spiro atoms. The minimum atomic E-state index is -0.500. The number of benzene rings is 2. The number of rotatable bonds is 5. The summed E-state index contributed by atoms with van der Waals surface area (Å²) < 4.78 is 11.6. The van der Waals surface area contributed by atoms with Gasteiger partial charge in [-0.2, -0.15) is 0 Å². The van der Waals surface area contributed by atoms with Gasteiger partial charge in [0.25, 0.3) is 0 Å². The van der Waals surface area contributed by atoms with Crippen LogP contribution >= 0.6 is 15.9 Å². The first kappa shape index (κ1) is 17.0. The summed E-state index contributed by atoms with van der Waals surface area (Å²) in [6.45, 7) is 3.14. The van der Waals surface area contributed by atoms with Crippen molar-refractivity contribution >= 4 is 33.5 Å². The van der Waals surface area contributed by atoms with Crippen LogP contribution in [0.25, 0.3) is 0 Å². The summed E-state index contributed by atoms with van der Waals surface area (Å²) in [5.74, 6) is 0.360. The van der Waals surface area contributed by atoms with Crippen LogP contribution in [0.1, 0.15) is 12.5 Å². The van der Waals surface area contributed by atoms with Crippen LogP contribution in [0.15, 0.2) is 46.9 Å². The number of esters is 1. The van der Waals surface area contributed by atoms with Gasteiger partial charge in [0, 0.05) is 17.1 Å². The maximum atomic E-state index is 11.8. The molecule has 0 bridgehead atoms. The van der Waals surface area contributed by atoms with Gasteiger partial charge in [-0.05, 0) is 55.0 Å². The Kier molecular flexibility index (Phi) is 5.76. The fourth-order valence-corrected chi connectivity index (χ4v) is 2.36. The van der Waals surface area contributed by atoms with Crippen molar-refractivity contribution in [2.75, 3.05) is 11.9 Å². The van der Waals surface area contributed by atoms with Crippen LogP contribution < -0.4 is 14.8 Å². The molecule has 0 aliphatic rings. The second-order valence-corrected chi connectivity index (χ2v) is 5.79. The average Bonchev–Trinajstić information content (AvgIpc) is 2.48. The SMILES string of the molecule is CC(=O)Nc1ccc(OC(=O)COc2ccc(Br)cc2C)cc1. The molecule has 6 heteroatoms. The summed E-state index contributed by atoms with van der Waals surface area (Å²) in [6, 6.07) is 12.1. The zero-order valence-corrected chi connectivity index (χ0v) is 14.3. The van der Waals surface area contributed by atoms with Gasteiger partial charge in [-0.15, -0.1) is 0 Å².